The molecule has 3 unspecified atom stereocenters. The second-order valence-corrected chi connectivity index (χ2v) is 6.82. The molecule has 2 N–H and O–H groups in total. The van der Waals surface area contributed by atoms with Crippen molar-refractivity contribution in [2.75, 3.05) is 0 Å². The Morgan fingerprint density at radius 2 is 2.00 bits per heavy atom. The molecule has 1 saturated carbocycles. The van der Waals surface area contributed by atoms with Gasteiger partial charge in [0, 0.05) is 5.54 Å². The van der Waals surface area contributed by atoms with Crippen molar-refractivity contribution in [3.8, 4) is 0 Å². The first kappa shape index (κ1) is 12.2. The van der Waals surface area contributed by atoms with Gasteiger partial charge in [-0.15, -0.1) is 0 Å². The maximum absolute atomic E-state index is 6.43. The molecule has 0 amide bonds. The van der Waals surface area contributed by atoms with Gasteiger partial charge in [0.1, 0.15) is 0 Å². The summed E-state index contributed by atoms with van der Waals surface area (Å²) in [6.45, 7) is 2.21. The van der Waals surface area contributed by atoms with E-state index >= 15 is 0 Å². The van der Waals surface area contributed by atoms with E-state index < -0.39 is 0 Å². The lowest BCUT2D eigenvalue weighted by molar-refractivity contribution is 0.245. The Morgan fingerprint density at radius 3 is 2.90 bits per heavy atom. The molecule has 2 aromatic rings. The number of hydrogen-bond donors (Lipinski definition) is 1. The van der Waals surface area contributed by atoms with E-state index in [1.54, 1.807) is 0 Å². The van der Waals surface area contributed by atoms with E-state index in [1.165, 1.54) is 28.3 Å². The molecular weight excluding hydrogens is 242 g/mol. The third-order valence-electron chi connectivity index (χ3n) is 5.17. The average Bonchev–Trinajstić information content (AvgIpc) is 2.45. The molecule has 0 bridgehead atoms. The van der Waals surface area contributed by atoms with Gasteiger partial charge >= 0.3 is 0 Å². The molecule has 2 aromatic carbocycles. The second kappa shape index (κ2) is 4.20. The van der Waals surface area contributed by atoms with Gasteiger partial charge in [-0.25, -0.2) is 0 Å². The Balaban J connectivity index is 1.89. The highest BCUT2D eigenvalue weighted by atomic mass is 14.7. The molecule has 0 aromatic heterocycles. The lowest BCUT2D eigenvalue weighted by Gasteiger charge is -2.42. The van der Waals surface area contributed by atoms with Crippen LogP contribution in [0.3, 0.4) is 0 Å². The fraction of sp³-hybridized carbons (Fsp3) is 0.368. The van der Waals surface area contributed by atoms with Gasteiger partial charge in [-0.1, -0.05) is 48.6 Å². The van der Waals surface area contributed by atoms with Crippen molar-refractivity contribution in [2.24, 2.45) is 11.7 Å². The molecule has 20 heavy (non-hydrogen) atoms. The molecule has 2 aliphatic carbocycles. The minimum atomic E-state index is -0.00470. The molecule has 2 aliphatic rings. The Kier molecular flexibility index (Phi) is 2.55. The molecule has 0 spiro atoms. The van der Waals surface area contributed by atoms with Crippen LogP contribution in [0.4, 0.5) is 0 Å². The fourth-order valence-electron chi connectivity index (χ4n) is 4.07. The summed E-state index contributed by atoms with van der Waals surface area (Å²) in [6, 6.07) is 13.3. The Morgan fingerprint density at radius 1 is 1.15 bits per heavy atom. The Labute approximate surface area is 120 Å². The van der Waals surface area contributed by atoms with Gasteiger partial charge in [0.2, 0.25) is 0 Å². The summed E-state index contributed by atoms with van der Waals surface area (Å²) in [5.74, 6) is 1.28. The monoisotopic (exact) mass is 263 g/mol. The van der Waals surface area contributed by atoms with Crippen LogP contribution >= 0.6 is 0 Å². The highest BCUT2D eigenvalue weighted by Crippen LogP contribution is 2.47. The van der Waals surface area contributed by atoms with Crippen molar-refractivity contribution in [3.05, 3.63) is 53.6 Å². The van der Waals surface area contributed by atoms with E-state index in [9.17, 15) is 0 Å². The first-order valence-corrected chi connectivity index (χ1v) is 7.63. The molecule has 0 saturated heterocycles. The number of rotatable bonds is 0. The summed E-state index contributed by atoms with van der Waals surface area (Å²) >= 11 is 0. The summed E-state index contributed by atoms with van der Waals surface area (Å²) < 4.78 is 0. The standard InChI is InChI=1S/C19H21N/c1-19(20)11-10-14-7-8-16-15-5-3-2-4-13(15)6-9-17(16)18(14)12-19/h2-9,14,18H,10-12,20H2,1H3. The second-order valence-electron chi connectivity index (χ2n) is 6.82. The van der Waals surface area contributed by atoms with E-state index in [-0.39, 0.29) is 5.54 Å². The van der Waals surface area contributed by atoms with Crippen LogP contribution in [-0.2, 0) is 0 Å². The van der Waals surface area contributed by atoms with Crippen molar-refractivity contribution < 1.29 is 0 Å². The molecule has 1 fully saturated rings. The molecule has 0 aliphatic heterocycles. The zero-order valence-electron chi connectivity index (χ0n) is 12.0. The van der Waals surface area contributed by atoms with Gasteiger partial charge in [-0.3, -0.25) is 0 Å². The van der Waals surface area contributed by atoms with Crippen LogP contribution < -0.4 is 5.73 Å². The fourth-order valence-corrected chi connectivity index (χ4v) is 4.07. The summed E-state index contributed by atoms with van der Waals surface area (Å²) in [5, 5.41) is 2.71. The van der Waals surface area contributed by atoms with Crippen LogP contribution in [0.5, 0.6) is 0 Å². The van der Waals surface area contributed by atoms with Gasteiger partial charge in [0.15, 0.2) is 0 Å². The maximum atomic E-state index is 6.43. The van der Waals surface area contributed by atoms with Crippen LogP contribution in [0.25, 0.3) is 16.8 Å². The van der Waals surface area contributed by atoms with Crippen molar-refractivity contribution in [1.82, 2.24) is 0 Å². The summed E-state index contributed by atoms with van der Waals surface area (Å²) in [5.41, 5.74) is 9.35. The number of fused-ring (bicyclic) bond motifs is 5. The van der Waals surface area contributed by atoms with Crippen molar-refractivity contribution in [2.45, 2.75) is 37.6 Å². The summed E-state index contributed by atoms with van der Waals surface area (Å²) in [7, 11) is 0. The SMILES string of the molecule is CC1(N)CCC2C=Cc3c(ccc4ccccc34)C2C1. The molecule has 1 nitrogen and oxygen atoms in total. The first-order chi connectivity index (χ1) is 9.64. The molecule has 1 heteroatoms. The van der Waals surface area contributed by atoms with Crippen LogP contribution in [0.1, 0.15) is 43.2 Å². The zero-order chi connectivity index (χ0) is 13.7. The molecule has 4 rings (SSSR count). The van der Waals surface area contributed by atoms with Crippen LogP contribution in [-0.4, -0.2) is 5.54 Å². The Bertz CT molecular complexity index is 696. The van der Waals surface area contributed by atoms with Crippen LogP contribution in [0.2, 0.25) is 0 Å². The van der Waals surface area contributed by atoms with Gasteiger partial charge < -0.3 is 5.73 Å². The average molecular weight is 263 g/mol. The largest absolute Gasteiger partial charge is 0.325 e. The molecule has 0 radical (unpaired) electrons. The third-order valence-corrected chi connectivity index (χ3v) is 5.17. The first-order valence-electron chi connectivity index (χ1n) is 7.63. The van der Waals surface area contributed by atoms with Crippen LogP contribution in [0.15, 0.2) is 42.5 Å². The topological polar surface area (TPSA) is 26.0 Å². The van der Waals surface area contributed by atoms with E-state index in [4.69, 9.17) is 5.73 Å². The van der Waals surface area contributed by atoms with E-state index in [0.29, 0.717) is 11.8 Å². The summed E-state index contributed by atoms with van der Waals surface area (Å²) in [6.07, 6.45) is 8.24. The molecule has 102 valence electrons. The van der Waals surface area contributed by atoms with Gasteiger partial charge in [-0.05, 0) is 59.9 Å². The normalized spacial score (nSPS) is 31.9. The predicted molar refractivity (Wildman–Crippen MR) is 85.7 cm³/mol. The van der Waals surface area contributed by atoms with E-state index in [2.05, 4.69) is 55.5 Å². The lowest BCUT2D eigenvalue weighted by Crippen LogP contribution is -2.43. The highest BCUT2D eigenvalue weighted by Gasteiger charge is 2.37. The number of benzene rings is 2. The van der Waals surface area contributed by atoms with Gasteiger partial charge in [0.25, 0.3) is 0 Å². The van der Waals surface area contributed by atoms with Crippen molar-refractivity contribution in [1.29, 1.82) is 0 Å². The quantitative estimate of drug-likeness (QED) is 0.745. The summed E-state index contributed by atoms with van der Waals surface area (Å²) in [4.78, 5) is 0. The molecule has 0 heterocycles. The predicted octanol–water partition coefficient (Wildman–Crippen LogP) is 4.47. The Hall–Kier alpha value is -1.60. The smallest absolute Gasteiger partial charge is 0.0132 e. The third kappa shape index (κ3) is 1.81. The highest BCUT2D eigenvalue weighted by molar-refractivity contribution is 5.92. The lowest BCUT2D eigenvalue weighted by atomic mass is 9.65. The maximum Gasteiger partial charge on any atom is 0.0132 e. The van der Waals surface area contributed by atoms with Gasteiger partial charge in [-0.2, -0.15) is 0 Å². The zero-order valence-corrected chi connectivity index (χ0v) is 12.0. The van der Waals surface area contributed by atoms with E-state index in [0.717, 1.165) is 12.8 Å². The van der Waals surface area contributed by atoms with Crippen molar-refractivity contribution in [3.63, 3.8) is 0 Å². The number of nitrogens with two attached hydrogens (primary N) is 1. The van der Waals surface area contributed by atoms with E-state index in [1.807, 2.05) is 0 Å². The van der Waals surface area contributed by atoms with Crippen LogP contribution in [0, 0.1) is 5.92 Å². The number of hydrogen-bond acceptors (Lipinski definition) is 1. The van der Waals surface area contributed by atoms with Gasteiger partial charge in [0.05, 0.1) is 0 Å². The van der Waals surface area contributed by atoms with Crippen molar-refractivity contribution >= 4 is 16.8 Å². The number of allylic oxidation sites excluding steroid dienone is 1. The molecular formula is C19H21N. The minimum absolute atomic E-state index is 0.00470. The molecule has 3 atom stereocenters. The minimum Gasteiger partial charge on any atom is -0.325 e.